The Labute approximate surface area is 119 Å². The minimum absolute atomic E-state index is 0.0263. The lowest BCUT2D eigenvalue weighted by Gasteiger charge is -2.20. The standard InChI is InChI=1S/C14H11N3O4/c1-8-5-12-11(14(18)21-8)7-15-13(16-12)9-3-2-4-10(6-9)17(19)20/h2-4,6-8H,5H2,1H3. The number of ether oxygens (including phenoxy) is 1. The molecule has 1 atom stereocenters. The average molecular weight is 285 g/mol. The Balaban J connectivity index is 2.04. The van der Waals surface area contributed by atoms with Crippen molar-refractivity contribution < 1.29 is 14.5 Å². The van der Waals surface area contributed by atoms with E-state index in [0.29, 0.717) is 29.1 Å². The summed E-state index contributed by atoms with van der Waals surface area (Å²) in [4.78, 5) is 30.5. The van der Waals surface area contributed by atoms with Gasteiger partial charge in [0.1, 0.15) is 6.10 Å². The number of esters is 1. The average Bonchev–Trinajstić information content (AvgIpc) is 2.46. The monoisotopic (exact) mass is 285 g/mol. The third-order valence-electron chi connectivity index (χ3n) is 3.19. The Morgan fingerprint density at radius 3 is 3.00 bits per heavy atom. The number of cyclic esters (lactones) is 1. The highest BCUT2D eigenvalue weighted by Crippen LogP contribution is 2.24. The lowest BCUT2D eigenvalue weighted by molar-refractivity contribution is -0.384. The predicted molar refractivity (Wildman–Crippen MR) is 72.7 cm³/mol. The summed E-state index contributed by atoms with van der Waals surface area (Å²) in [6.45, 7) is 1.79. The van der Waals surface area contributed by atoms with Crippen molar-refractivity contribution in [3.05, 3.63) is 51.8 Å². The minimum atomic E-state index is -0.471. The number of aromatic nitrogens is 2. The maximum Gasteiger partial charge on any atom is 0.341 e. The number of nitro benzene ring substituents is 1. The largest absolute Gasteiger partial charge is 0.459 e. The quantitative estimate of drug-likeness (QED) is 0.476. The van der Waals surface area contributed by atoms with Crippen LogP contribution in [0.1, 0.15) is 23.0 Å². The highest BCUT2D eigenvalue weighted by atomic mass is 16.6. The smallest absolute Gasteiger partial charge is 0.341 e. The maximum absolute atomic E-state index is 11.7. The van der Waals surface area contributed by atoms with Gasteiger partial charge in [-0.2, -0.15) is 0 Å². The van der Waals surface area contributed by atoms with Gasteiger partial charge in [0, 0.05) is 30.3 Å². The Kier molecular flexibility index (Phi) is 3.09. The molecule has 0 saturated carbocycles. The van der Waals surface area contributed by atoms with Crippen LogP contribution in [0.15, 0.2) is 30.5 Å². The van der Waals surface area contributed by atoms with E-state index in [2.05, 4.69) is 9.97 Å². The van der Waals surface area contributed by atoms with Crippen molar-refractivity contribution in [2.75, 3.05) is 0 Å². The van der Waals surface area contributed by atoms with Gasteiger partial charge in [0.25, 0.3) is 5.69 Å². The molecule has 2 aromatic rings. The van der Waals surface area contributed by atoms with Crippen molar-refractivity contribution >= 4 is 11.7 Å². The van der Waals surface area contributed by atoms with Crippen molar-refractivity contribution in [1.29, 1.82) is 0 Å². The van der Waals surface area contributed by atoms with Crippen LogP contribution in [0.4, 0.5) is 5.69 Å². The zero-order valence-electron chi connectivity index (χ0n) is 11.1. The Bertz CT molecular complexity index is 745. The summed E-state index contributed by atoms with van der Waals surface area (Å²) >= 11 is 0. The fourth-order valence-electron chi connectivity index (χ4n) is 2.20. The van der Waals surface area contributed by atoms with Crippen LogP contribution < -0.4 is 0 Å². The molecule has 0 N–H and O–H groups in total. The number of rotatable bonds is 2. The van der Waals surface area contributed by atoms with E-state index >= 15 is 0 Å². The number of hydrogen-bond acceptors (Lipinski definition) is 6. The van der Waals surface area contributed by atoms with Crippen LogP contribution in [-0.4, -0.2) is 27.0 Å². The second-order valence-corrected chi connectivity index (χ2v) is 4.78. The molecule has 7 heteroatoms. The fraction of sp³-hybridized carbons (Fsp3) is 0.214. The molecule has 0 aliphatic carbocycles. The van der Waals surface area contributed by atoms with Gasteiger partial charge in [0.2, 0.25) is 0 Å². The fourth-order valence-corrected chi connectivity index (χ4v) is 2.20. The Morgan fingerprint density at radius 2 is 2.24 bits per heavy atom. The van der Waals surface area contributed by atoms with E-state index in [4.69, 9.17) is 4.74 Å². The molecule has 1 aromatic heterocycles. The number of nitro groups is 1. The summed E-state index contributed by atoms with van der Waals surface area (Å²) in [5.41, 5.74) is 1.47. The molecular formula is C14H11N3O4. The van der Waals surface area contributed by atoms with Crippen molar-refractivity contribution in [2.24, 2.45) is 0 Å². The minimum Gasteiger partial charge on any atom is -0.459 e. The molecule has 0 amide bonds. The number of carbonyl (C=O) groups is 1. The molecule has 2 heterocycles. The summed E-state index contributed by atoms with van der Waals surface area (Å²) in [6, 6.07) is 6.08. The van der Waals surface area contributed by atoms with Crippen LogP contribution in [0, 0.1) is 10.1 Å². The van der Waals surface area contributed by atoms with Gasteiger partial charge in [-0.05, 0) is 6.92 Å². The molecule has 21 heavy (non-hydrogen) atoms. The summed E-state index contributed by atoms with van der Waals surface area (Å²) in [7, 11) is 0. The van der Waals surface area contributed by atoms with Crippen molar-refractivity contribution in [3.63, 3.8) is 0 Å². The van der Waals surface area contributed by atoms with E-state index < -0.39 is 10.9 Å². The van der Waals surface area contributed by atoms with Gasteiger partial charge in [0.05, 0.1) is 16.2 Å². The molecule has 0 saturated heterocycles. The van der Waals surface area contributed by atoms with Gasteiger partial charge in [-0.1, -0.05) is 12.1 Å². The first-order chi connectivity index (χ1) is 10.0. The van der Waals surface area contributed by atoms with Crippen LogP contribution in [0.2, 0.25) is 0 Å². The van der Waals surface area contributed by atoms with E-state index in [0.717, 1.165) is 0 Å². The van der Waals surface area contributed by atoms with Gasteiger partial charge in [-0.25, -0.2) is 14.8 Å². The van der Waals surface area contributed by atoms with Crippen LogP contribution in [0.25, 0.3) is 11.4 Å². The van der Waals surface area contributed by atoms with Gasteiger partial charge in [-0.3, -0.25) is 10.1 Å². The molecule has 1 aromatic carbocycles. The van der Waals surface area contributed by atoms with E-state index in [-0.39, 0.29) is 11.8 Å². The molecule has 3 rings (SSSR count). The number of carbonyl (C=O) groups excluding carboxylic acids is 1. The normalized spacial score (nSPS) is 17.0. The highest BCUT2D eigenvalue weighted by molar-refractivity contribution is 5.91. The molecule has 0 bridgehead atoms. The van der Waals surface area contributed by atoms with Crippen LogP contribution in [0.3, 0.4) is 0 Å². The van der Waals surface area contributed by atoms with Crippen molar-refractivity contribution in [1.82, 2.24) is 9.97 Å². The Morgan fingerprint density at radius 1 is 1.43 bits per heavy atom. The Hall–Kier alpha value is -2.83. The van der Waals surface area contributed by atoms with Crippen LogP contribution >= 0.6 is 0 Å². The topological polar surface area (TPSA) is 95.2 Å². The van der Waals surface area contributed by atoms with Crippen molar-refractivity contribution in [2.45, 2.75) is 19.4 Å². The number of non-ortho nitro benzene ring substituents is 1. The van der Waals surface area contributed by atoms with Crippen LogP contribution in [-0.2, 0) is 11.2 Å². The van der Waals surface area contributed by atoms with Gasteiger partial charge < -0.3 is 4.74 Å². The molecule has 1 unspecified atom stereocenters. The van der Waals surface area contributed by atoms with E-state index in [1.54, 1.807) is 19.1 Å². The first-order valence-corrected chi connectivity index (χ1v) is 6.36. The third kappa shape index (κ3) is 2.45. The van der Waals surface area contributed by atoms with E-state index in [1.807, 2.05) is 0 Å². The molecule has 0 radical (unpaired) electrons. The SMILES string of the molecule is CC1Cc2nc(-c3cccc([N+](=O)[O-])c3)ncc2C(=O)O1. The van der Waals surface area contributed by atoms with Gasteiger partial charge in [-0.15, -0.1) is 0 Å². The summed E-state index contributed by atoms with van der Waals surface area (Å²) in [5.74, 6) is -0.0753. The van der Waals surface area contributed by atoms with E-state index in [1.165, 1.54) is 18.3 Å². The first kappa shape index (κ1) is 13.2. The number of hydrogen-bond donors (Lipinski definition) is 0. The molecule has 1 aliphatic rings. The number of benzene rings is 1. The number of nitrogens with zero attached hydrogens (tertiary/aromatic N) is 3. The van der Waals surface area contributed by atoms with Crippen molar-refractivity contribution in [3.8, 4) is 11.4 Å². The molecule has 1 aliphatic heterocycles. The zero-order chi connectivity index (χ0) is 15.0. The summed E-state index contributed by atoms with van der Waals surface area (Å²) in [6.07, 6.45) is 1.67. The predicted octanol–water partition coefficient (Wildman–Crippen LogP) is 2.15. The highest BCUT2D eigenvalue weighted by Gasteiger charge is 2.25. The van der Waals surface area contributed by atoms with E-state index in [9.17, 15) is 14.9 Å². The number of fused-ring (bicyclic) bond motifs is 1. The lowest BCUT2D eigenvalue weighted by Crippen LogP contribution is -2.26. The van der Waals surface area contributed by atoms with Gasteiger partial charge in [0.15, 0.2) is 5.82 Å². The summed E-state index contributed by atoms with van der Waals surface area (Å²) in [5, 5.41) is 10.8. The van der Waals surface area contributed by atoms with Gasteiger partial charge >= 0.3 is 5.97 Å². The first-order valence-electron chi connectivity index (χ1n) is 6.36. The van der Waals surface area contributed by atoms with Crippen LogP contribution in [0.5, 0.6) is 0 Å². The summed E-state index contributed by atoms with van der Waals surface area (Å²) < 4.78 is 5.10. The molecular weight excluding hydrogens is 274 g/mol. The molecule has 0 spiro atoms. The second-order valence-electron chi connectivity index (χ2n) is 4.78. The second kappa shape index (κ2) is 4.93. The zero-order valence-corrected chi connectivity index (χ0v) is 11.1. The molecule has 0 fully saturated rings. The molecule has 7 nitrogen and oxygen atoms in total. The molecule has 106 valence electrons. The third-order valence-corrected chi connectivity index (χ3v) is 3.19. The lowest BCUT2D eigenvalue weighted by atomic mass is 10.1. The maximum atomic E-state index is 11.7.